The van der Waals surface area contributed by atoms with Crippen molar-refractivity contribution in [3.8, 4) is 16.9 Å². The van der Waals surface area contributed by atoms with Crippen LogP contribution in [-0.4, -0.2) is 39.2 Å². The number of methoxy groups -OCH3 is 1. The van der Waals surface area contributed by atoms with E-state index < -0.39 is 11.9 Å². The summed E-state index contributed by atoms with van der Waals surface area (Å²) in [6.07, 6.45) is 1.40. The van der Waals surface area contributed by atoms with Gasteiger partial charge in [-0.05, 0) is 35.9 Å². The van der Waals surface area contributed by atoms with Crippen molar-refractivity contribution in [2.45, 2.75) is 0 Å². The molecule has 0 saturated carbocycles. The Labute approximate surface area is 174 Å². The summed E-state index contributed by atoms with van der Waals surface area (Å²) in [6.45, 7) is 0. The van der Waals surface area contributed by atoms with Crippen LogP contribution in [0.4, 0.5) is 11.5 Å². The van der Waals surface area contributed by atoms with E-state index in [1.165, 1.54) is 29.8 Å². The van der Waals surface area contributed by atoms with Gasteiger partial charge in [-0.15, -0.1) is 11.3 Å². The number of nitrogens with one attached hydrogen (secondary N) is 1. The average molecular weight is 421 g/mol. The SMILES string of the molecule is COc1ccc(-c2csc3ncnc(Nc4cc(C(=O)O)cc(C(=O)O)c4)c23)cc1. The number of ether oxygens (including phenoxy) is 1. The first-order valence-electron chi connectivity index (χ1n) is 8.71. The molecule has 2 heterocycles. The van der Waals surface area contributed by atoms with Crippen molar-refractivity contribution >= 4 is 45.0 Å². The van der Waals surface area contributed by atoms with Crippen molar-refractivity contribution in [3.63, 3.8) is 0 Å². The molecule has 3 N–H and O–H groups in total. The first kappa shape index (κ1) is 19.3. The maximum atomic E-state index is 11.4. The number of fused-ring (bicyclic) bond motifs is 1. The molecule has 0 unspecified atom stereocenters. The molecule has 0 aliphatic carbocycles. The van der Waals surface area contributed by atoms with Crippen molar-refractivity contribution in [2.75, 3.05) is 12.4 Å². The van der Waals surface area contributed by atoms with E-state index in [4.69, 9.17) is 4.74 Å². The van der Waals surface area contributed by atoms with Crippen molar-refractivity contribution < 1.29 is 24.5 Å². The molecule has 4 aromatic rings. The number of carboxylic acid groups (broad SMARTS) is 2. The van der Waals surface area contributed by atoms with Crippen LogP contribution in [0.3, 0.4) is 0 Å². The maximum Gasteiger partial charge on any atom is 0.335 e. The van der Waals surface area contributed by atoms with E-state index >= 15 is 0 Å². The van der Waals surface area contributed by atoms with Crippen molar-refractivity contribution in [3.05, 3.63) is 65.3 Å². The predicted octanol–water partition coefficient (Wildman–Crippen LogP) is 4.51. The van der Waals surface area contributed by atoms with Gasteiger partial charge in [-0.2, -0.15) is 0 Å². The highest BCUT2D eigenvalue weighted by Crippen LogP contribution is 2.38. The van der Waals surface area contributed by atoms with E-state index in [1.54, 1.807) is 7.11 Å². The van der Waals surface area contributed by atoms with Gasteiger partial charge in [-0.3, -0.25) is 0 Å². The minimum atomic E-state index is -1.22. The lowest BCUT2D eigenvalue weighted by Crippen LogP contribution is -2.05. The largest absolute Gasteiger partial charge is 0.497 e. The maximum absolute atomic E-state index is 11.4. The predicted molar refractivity (Wildman–Crippen MR) is 113 cm³/mol. The Kier molecular flexibility index (Phi) is 5.03. The molecule has 150 valence electrons. The summed E-state index contributed by atoms with van der Waals surface area (Å²) in [5, 5.41) is 24.4. The molecule has 9 heteroatoms. The lowest BCUT2D eigenvalue weighted by Gasteiger charge is -2.10. The standard InChI is InChI=1S/C21H15N3O5S/c1-29-15-4-2-11(3-5-15)16-9-30-19-17(16)18(22-10-23-19)24-14-7-12(20(25)26)6-13(8-14)21(27)28/h2-10H,1H3,(H,25,26)(H,27,28)(H,22,23,24). The van der Waals surface area contributed by atoms with Crippen LogP contribution in [0.1, 0.15) is 20.7 Å². The molecule has 0 spiro atoms. The molecular formula is C21H15N3O5S. The molecular weight excluding hydrogens is 406 g/mol. The van der Waals surface area contributed by atoms with E-state index in [0.29, 0.717) is 11.5 Å². The lowest BCUT2D eigenvalue weighted by atomic mass is 10.1. The lowest BCUT2D eigenvalue weighted by molar-refractivity contribution is 0.0696. The molecule has 0 bridgehead atoms. The Hall–Kier alpha value is -3.98. The van der Waals surface area contributed by atoms with Crippen molar-refractivity contribution in [1.82, 2.24) is 9.97 Å². The molecule has 2 aromatic heterocycles. The number of anilines is 2. The van der Waals surface area contributed by atoms with Crippen LogP contribution in [-0.2, 0) is 0 Å². The third kappa shape index (κ3) is 3.65. The van der Waals surface area contributed by atoms with Gasteiger partial charge in [0.25, 0.3) is 0 Å². The summed E-state index contributed by atoms with van der Waals surface area (Å²) in [7, 11) is 1.60. The molecule has 4 rings (SSSR count). The molecule has 0 amide bonds. The Morgan fingerprint density at radius 2 is 1.67 bits per heavy atom. The molecule has 30 heavy (non-hydrogen) atoms. The van der Waals surface area contributed by atoms with Gasteiger partial charge in [0.2, 0.25) is 0 Å². The zero-order valence-corrected chi connectivity index (χ0v) is 16.4. The van der Waals surface area contributed by atoms with Gasteiger partial charge in [-0.1, -0.05) is 12.1 Å². The van der Waals surface area contributed by atoms with Gasteiger partial charge in [0, 0.05) is 16.6 Å². The summed E-state index contributed by atoms with van der Waals surface area (Å²) in [6, 6.07) is 11.4. The zero-order valence-electron chi connectivity index (χ0n) is 15.6. The second-order valence-corrected chi connectivity index (χ2v) is 7.17. The molecule has 0 aliphatic rings. The number of hydrogen-bond donors (Lipinski definition) is 3. The van der Waals surface area contributed by atoms with Gasteiger partial charge < -0.3 is 20.3 Å². The van der Waals surface area contributed by atoms with Gasteiger partial charge in [-0.25, -0.2) is 19.6 Å². The molecule has 0 radical (unpaired) electrons. The minimum Gasteiger partial charge on any atom is -0.497 e. The second-order valence-electron chi connectivity index (χ2n) is 6.31. The summed E-state index contributed by atoms with van der Waals surface area (Å²) in [5.41, 5.74) is 1.87. The first-order chi connectivity index (χ1) is 14.5. The summed E-state index contributed by atoms with van der Waals surface area (Å²) in [5.74, 6) is -1.25. The number of carbonyl (C=O) groups is 2. The smallest absolute Gasteiger partial charge is 0.335 e. The fourth-order valence-electron chi connectivity index (χ4n) is 3.04. The average Bonchev–Trinajstić information content (AvgIpc) is 3.19. The fraction of sp³-hybridized carbons (Fsp3) is 0.0476. The number of thiophene rings is 1. The van der Waals surface area contributed by atoms with Crippen LogP contribution in [0.5, 0.6) is 5.75 Å². The van der Waals surface area contributed by atoms with Crippen LogP contribution < -0.4 is 10.1 Å². The second kappa shape index (κ2) is 7.80. The summed E-state index contributed by atoms with van der Waals surface area (Å²) >= 11 is 1.45. The summed E-state index contributed by atoms with van der Waals surface area (Å²) in [4.78, 5) is 32.1. The van der Waals surface area contributed by atoms with Gasteiger partial charge in [0.1, 0.15) is 22.7 Å². The number of aromatic carboxylic acids is 2. The van der Waals surface area contributed by atoms with Crippen LogP contribution in [0.15, 0.2) is 54.2 Å². The van der Waals surface area contributed by atoms with E-state index in [1.807, 2.05) is 29.6 Å². The quantitative estimate of drug-likeness (QED) is 0.416. The number of nitrogens with zero attached hydrogens (tertiary/aromatic N) is 2. The molecule has 2 aromatic carbocycles. The van der Waals surface area contributed by atoms with Crippen LogP contribution in [0.25, 0.3) is 21.3 Å². The van der Waals surface area contributed by atoms with Crippen LogP contribution in [0, 0.1) is 0 Å². The minimum absolute atomic E-state index is 0.136. The molecule has 0 aliphatic heterocycles. The molecule has 8 nitrogen and oxygen atoms in total. The Morgan fingerprint density at radius 1 is 1.00 bits per heavy atom. The van der Waals surface area contributed by atoms with Crippen molar-refractivity contribution in [2.24, 2.45) is 0 Å². The van der Waals surface area contributed by atoms with Gasteiger partial charge in [0.15, 0.2) is 0 Å². The van der Waals surface area contributed by atoms with Crippen LogP contribution in [0.2, 0.25) is 0 Å². The number of carboxylic acids is 2. The van der Waals surface area contributed by atoms with E-state index in [0.717, 1.165) is 33.2 Å². The van der Waals surface area contributed by atoms with E-state index in [9.17, 15) is 19.8 Å². The molecule has 0 fully saturated rings. The topological polar surface area (TPSA) is 122 Å². The first-order valence-corrected chi connectivity index (χ1v) is 9.59. The Bertz CT molecular complexity index is 1240. The highest BCUT2D eigenvalue weighted by molar-refractivity contribution is 7.17. The summed E-state index contributed by atoms with van der Waals surface area (Å²) < 4.78 is 5.21. The van der Waals surface area contributed by atoms with E-state index in [-0.39, 0.29) is 11.1 Å². The molecule has 0 saturated heterocycles. The number of aromatic nitrogens is 2. The van der Waals surface area contributed by atoms with E-state index in [2.05, 4.69) is 15.3 Å². The number of hydrogen-bond acceptors (Lipinski definition) is 7. The monoisotopic (exact) mass is 421 g/mol. The van der Waals surface area contributed by atoms with Crippen molar-refractivity contribution in [1.29, 1.82) is 0 Å². The number of rotatable bonds is 6. The van der Waals surface area contributed by atoms with Gasteiger partial charge >= 0.3 is 11.9 Å². The normalized spacial score (nSPS) is 10.7. The number of benzene rings is 2. The van der Waals surface area contributed by atoms with Crippen LogP contribution >= 0.6 is 11.3 Å². The highest BCUT2D eigenvalue weighted by Gasteiger charge is 2.16. The zero-order chi connectivity index (χ0) is 21.3. The highest BCUT2D eigenvalue weighted by atomic mass is 32.1. The third-order valence-corrected chi connectivity index (χ3v) is 5.35. The Morgan fingerprint density at radius 3 is 2.27 bits per heavy atom. The molecule has 0 atom stereocenters. The van der Waals surface area contributed by atoms with Gasteiger partial charge in [0.05, 0.1) is 23.6 Å². The fourth-order valence-corrected chi connectivity index (χ4v) is 3.95. The Balaban J connectivity index is 1.81. The third-order valence-electron chi connectivity index (χ3n) is 4.46.